The Hall–Kier alpha value is -1.35. The van der Waals surface area contributed by atoms with Crippen molar-refractivity contribution in [3.8, 4) is 0 Å². The van der Waals surface area contributed by atoms with Gasteiger partial charge in [-0.05, 0) is 26.7 Å². The fourth-order valence-corrected chi connectivity index (χ4v) is 4.51. The van der Waals surface area contributed by atoms with Crippen LogP contribution in [0, 0.1) is 0 Å². The third-order valence-corrected chi connectivity index (χ3v) is 5.88. The first kappa shape index (κ1) is 16.0. The molecule has 1 fully saturated rings. The van der Waals surface area contributed by atoms with Gasteiger partial charge in [0.1, 0.15) is 20.5 Å². The highest BCUT2D eigenvalue weighted by Crippen LogP contribution is 2.26. The molecule has 7 nitrogen and oxygen atoms in total. The molecular weight excluding hydrogens is 312 g/mol. The van der Waals surface area contributed by atoms with Gasteiger partial charge < -0.3 is 16.4 Å². The minimum absolute atomic E-state index is 0.121. The summed E-state index contributed by atoms with van der Waals surface area (Å²) in [5.41, 5.74) is 5.77. The van der Waals surface area contributed by atoms with Gasteiger partial charge in [0.25, 0.3) is 5.91 Å². The number of thiazole rings is 1. The van der Waals surface area contributed by atoms with Gasteiger partial charge in [-0.1, -0.05) is 11.3 Å². The van der Waals surface area contributed by atoms with Gasteiger partial charge in [0.2, 0.25) is 0 Å². The summed E-state index contributed by atoms with van der Waals surface area (Å²) in [5.74, 6) is 0.155. The second kappa shape index (κ2) is 6.18. The van der Waals surface area contributed by atoms with Crippen molar-refractivity contribution in [1.82, 2.24) is 10.3 Å². The van der Waals surface area contributed by atoms with Crippen LogP contribution in [0.3, 0.4) is 0 Å². The van der Waals surface area contributed by atoms with E-state index in [1.807, 2.05) is 13.8 Å². The van der Waals surface area contributed by atoms with Crippen LogP contribution in [0.25, 0.3) is 0 Å². The molecule has 4 N–H and O–H groups in total. The van der Waals surface area contributed by atoms with Crippen LogP contribution in [0.5, 0.6) is 0 Å². The van der Waals surface area contributed by atoms with Crippen LogP contribution < -0.4 is 16.4 Å². The van der Waals surface area contributed by atoms with Gasteiger partial charge in [-0.15, -0.1) is 0 Å². The number of hydrogen-bond acceptors (Lipinski definition) is 7. The van der Waals surface area contributed by atoms with Crippen molar-refractivity contribution in [3.05, 3.63) is 4.88 Å². The highest BCUT2D eigenvalue weighted by atomic mass is 32.2. The van der Waals surface area contributed by atoms with Gasteiger partial charge in [-0.25, -0.2) is 13.4 Å². The lowest BCUT2D eigenvalue weighted by atomic mass is 10.1. The van der Waals surface area contributed by atoms with Gasteiger partial charge in [0, 0.05) is 12.1 Å². The van der Waals surface area contributed by atoms with Crippen LogP contribution in [0.2, 0.25) is 0 Å². The van der Waals surface area contributed by atoms with E-state index >= 15 is 0 Å². The number of amides is 1. The van der Waals surface area contributed by atoms with Crippen LogP contribution in [0.1, 0.15) is 36.4 Å². The van der Waals surface area contributed by atoms with Crippen molar-refractivity contribution < 1.29 is 13.2 Å². The van der Waals surface area contributed by atoms with Crippen LogP contribution in [-0.2, 0) is 9.84 Å². The highest BCUT2D eigenvalue weighted by molar-refractivity contribution is 7.91. The second-order valence-corrected chi connectivity index (χ2v) is 8.73. The fraction of sp³-hybridized carbons (Fsp3) is 0.667. The molecule has 1 saturated heterocycles. The van der Waals surface area contributed by atoms with Crippen LogP contribution in [0.4, 0.5) is 10.9 Å². The molecule has 2 rings (SSSR count). The number of sulfone groups is 1. The Morgan fingerprint density at radius 1 is 1.38 bits per heavy atom. The number of aromatic nitrogens is 1. The van der Waals surface area contributed by atoms with Crippen molar-refractivity contribution in [3.63, 3.8) is 0 Å². The molecule has 0 atom stereocenters. The third kappa shape index (κ3) is 4.31. The first-order valence-corrected chi connectivity index (χ1v) is 9.45. The summed E-state index contributed by atoms with van der Waals surface area (Å²) in [6, 6.07) is 0.0824. The topological polar surface area (TPSA) is 114 Å². The number of carbonyl (C=O) groups excluding carboxylic acids is 1. The summed E-state index contributed by atoms with van der Waals surface area (Å²) in [4.78, 5) is 16.7. The van der Waals surface area contributed by atoms with Gasteiger partial charge in [0.05, 0.1) is 11.5 Å². The molecule has 0 aliphatic carbocycles. The average molecular weight is 332 g/mol. The van der Waals surface area contributed by atoms with E-state index in [1.165, 1.54) is 11.3 Å². The largest absolute Gasteiger partial charge is 0.382 e. The zero-order valence-electron chi connectivity index (χ0n) is 12.0. The Kier molecular flexibility index (Phi) is 4.72. The monoisotopic (exact) mass is 332 g/mol. The Morgan fingerprint density at radius 2 is 2.00 bits per heavy atom. The molecule has 118 valence electrons. The SMILES string of the molecule is CC(C)Nc1nc(N)c(C(=O)NC2CCS(=O)(=O)CC2)s1. The smallest absolute Gasteiger partial charge is 0.265 e. The zero-order chi connectivity index (χ0) is 15.6. The minimum atomic E-state index is -2.93. The number of nitrogens with one attached hydrogen (secondary N) is 2. The van der Waals surface area contributed by atoms with Crippen molar-refractivity contribution in [1.29, 1.82) is 0 Å². The van der Waals surface area contributed by atoms with Crippen LogP contribution in [0.15, 0.2) is 0 Å². The molecule has 0 bridgehead atoms. The number of anilines is 2. The quantitative estimate of drug-likeness (QED) is 0.753. The predicted molar refractivity (Wildman–Crippen MR) is 84.4 cm³/mol. The molecule has 1 amide bonds. The van der Waals surface area contributed by atoms with Crippen LogP contribution >= 0.6 is 11.3 Å². The van der Waals surface area contributed by atoms with E-state index in [0.29, 0.717) is 22.9 Å². The Morgan fingerprint density at radius 3 is 2.57 bits per heavy atom. The van der Waals surface area contributed by atoms with Crippen molar-refractivity contribution in [2.24, 2.45) is 0 Å². The Labute approximate surface area is 128 Å². The summed E-state index contributed by atoms with van der Waals surface area (Å²) in [5, 5.41) is 6.55. The molecule has 9 heteroatoms. The molecule has 2 heterocycles. The number of carbonyl (C=O) groups is 1. The maximum atomic E-state index is 12.2. The lowest BCUT2D eigenvalue weighted by molar-refractivity contribution is 0.0939. The Balaban J connectivity index is 1.99. The molecule has 1 aromatic rings. The average Bonchev–Trinajstić information content (AvgIpc) is 2.72. The lowest BCUT2D eigenvalue weighted by Crippen LogP contribution is -2.40. The van der Waals surface area contributed by atoms with Crippen LogP contribution in [-0.4, -0.2) is 42.9 Å². The molecular formula is C12H20N4O3S2. The number of nitrogens with zero attached hydrogens (tertiary/aromatic N) is 1. The molecule has 0 unspecified atom stereocenters. The maximum Gasteiger partial charge on any atom is 0.265 e. The molecule has 21 heavy (non-hydrogen) atoms. The molecule has 0 spiro atoms. The van der Waals surface area contributed by atoms with E-state index in [0.717, 1.165) is 0 Å². The fourth-order valence-electron chi connectivity index (χ4n) is 2.09. The number of hydrogen-bond donors (Lipinski definition) is 3. The molecule has 0 saturated carbocycles. The van der Waals surface area contributed by atoms with E-state index in [1.54, 1.807) is 0 Å². The molecule has 1 aliphatic heterocycles. The molecule has 0 radical (unpaired) electrons. The molecule has 0 aromatic carbocycles. The lowest BCUT2D eigenvalue weighted by Gasteiger charge is -2.22. The first-order valence-electron chi connectivity index (χ1n) is 6.81. The van der Waals surface area contributed by atoms with Gasteiger partial charge in [-0.2, -0.15) is 0 Å². The number of rotatable bonds is 4. The van der Waals surface area contributed by atoms with Gasteiger partial charge in [0.15, 0.2) is 5.13 Å². The van der Waals surface area contributed by atoms with E-state index in [4.69, 9.17) is 5.73 Å². The number of nitrogen functional groups attached to an aromatic ring is 1. The van der Waals surface area contributed by atoms with E-state index in [-0.39, 0.29) is 35.3 Å². The highest BCUT2D eigenvalue weighted by Gasteiger charge is 2.26. The number of nitrogens with two attached hydrogens (primary N) is 1. The van der Waals surface area contributed by atoms with E-state index in [2.05, 4.69) is 15.6 Å². The minimum Gasteiger partial charge on any atom is -0.382 e. The summed E-state index contributed by atoms with van der Waals surface area (Å²) >= 11 is 1.21. The molecule has 1 aliphatic rings. The summed E-state index contributed by atoms with van der Waals surface area (Å²) in [6.45, 7) is 3.94. The summed E-state index contributed by atoms with van der Waals surface area (Å²) in [6.07, 6.45) is 0.897. The van der Waals surface area contributed by atoms with Crippen molar-refractivity contribution in [2.75, 3.05) is 22.6 Å². The standard InChI is InChI=1S/C12H20N4O3S2/c1-7(2)14-12-16-10(13)9(20-12)11(17)15-8-3-5-21(18,19)6-4-8/h7-8H,3-6,13H2,1-2H3,(H,14,16)(H,15,17). The Bertz CT molecular complexity index is 610. The predicted octanol–water partition coefficient (Wildman–Crippen LogP) is 0.853. The third-order valence-electron chi connectivity index (χ3n) is 3.16. The maximum absolute atomic E-state index is 12.2. The van der Waals surface area contributed by atoms with E-state index in [9.17, 15) is 13.2 Å². The van der Waals surface area contributed by atoms with Crippen molar-refractivity contribution in [2.45, 2.75) is 38.8 Å². The summed E-state index contributed by atoms with van der Waals surface area (Å²) in [7, 11) is -2.93. The molecule has 1 aromatic heterocycles. The zero-order valence-corrected chi connectivity index (χ0v) is 13.7. The van der Waals surface area contributed by atoms with E-state index < -0.39 is 9.84 Å². The van der Waals surface area contributed by atoms with Gasteiger partial charge >= 0.3 is 0 Å². The summed E-state index contributed by atoms with van der Waals surface area (Å²) < 4.78 is 22.7. The van der Waals surface area contributed by atoms with Gasteiger partial charge in [-0.3, -0.25) is 4.79 Å². The second-order valence-electron chi connectivity index (χ2n) is 5.43. The van der Waals surface area contributed by atoms with Crippen molar-refractivity contribution >= 4 is 38.0 Å². The first-order chi connectivity index (χ1) is 9.77. The normalized spacial score (nSPS) is 18.6.